The van der Waals surface area contributed by atoms with Crippen molar-refractivity contribution >= 4 is 38.6 Å². The standard InChI is InChI=1S/C21H21N3O3S2/c1-3-20(25)22-17-7-4-14(5-8-17)21-23-18(13-28-21)15-6-9-19-16(12-15)10-11-24(19)29(2,26)27/h4-9,12-13H,3,10-11H2,1-2H3,(H,22,25). The fourth-order valence-corrected chi connectivity index (χ4v) is 5.15. The average Bonchev–Trinajstić information content (AvgIpc) is 3.35. The molecular weight excluding hydrogens is 406 g/mol. The SMILES string of the molecule is CCC(=O)Nc1ccc(-c2nc(-c3ccc4c(c3)CCN4S(C)(=O)=O)cs2)cc1. The minimum Gasteiger partial charge on any atom is -0.326 e. The Kier molecular flexibility index (Phi) is 5.14. The van der Waals surface area contributed by atoms with Gasteiger partial charge in [0.2, 0.25) is 15.9 Å². The van der Waals surface area contributed by atoms with Crippen LogP contribution < -0.4 is 9.62 Å². The van der Waals surface area contributed by atoms with Crippen molar-refractivity contribution in [2.75, 3.05) is 22.4 Å². The summed E-state index contributed by atoms with van der Waals surface area (Å²) in [6.45, 7) is 2.30. The number of nitrogens with zero attached hydrogens (tertiary/aromatic N) is 2. The van der Waals surface area contributed by atoms with Crippen LogP contribution in [0.3, 0.4) is 0 Å². The van der Waals surface area contributed by atoms with E-state index in [0.717, 1.165) is 38.8 Å². The van der Waals surface area contributed by atoms with Gasteiger partial charge in [-0.15, -0.1) is 11.3 Å². The third-order valence-electron chi connectivity index (χ3n) is 4.87. The molecule has 0 saturated carbocycles. The maximum atomic E-state index is 11.9. The molecule has 150 valence electrons. The molecule has 1 aliphatic rings. The summed E-state index contributed by atoms with van der Waals surface area (Å²) in [4.78, 5) is 16.2. The molecular formula is C21H21N3O3S2. The predicted octanol–water partition coefficient (Wildman–Crippen LogP) is 4.15. The van der Waals surface area contributed by atoms with Crippen molar-refractivity contribution in [1.29, 1.82) is 0 Å². The van der Waals surface area contributed by atoms with Crippen LogP contribution in [0.2, 0.25) is 0 Å². The topological polar surface area (TPSA) is 79.4 Å². The molecule has 1 N–H and O–H groups in total. The second kappa shape index (κ2) is 7.61. The van der Waals surface area contributed by atoms with Crippen LogP contribution in [0.1, 0.15) is 18.9 Å². The van der Waals surface area contributed by atoms with Crippen molar-refractivity contribution in [2.24, 2.45) is 0 Å². The molecule has 0 spiro atoms. The summed E-state index contributed by atoms with van der Waals surface area (Å²) in [5.74, 6) is -0.0136. The van der Waals surface area contributed by atoms with Gasteiger partial charge in [-0.3, -0.25) is 9.10 Å². The second-order valence-electron chi connectivity index (χ2n) is 6.95. The highest BCUT2D eigenvalue weighted by molar-refractivity contribution is 7.92. The lowest BCUT2D eigenvalue weighted by molar-refractivity contribution is -0.115. The zero-order valence-corrected chi connectivity index (χ0v) is 17.8. The van der Waals surface area contributed by atoms with Crippen molar-refractivity contribution in [3.05, 3.63) is 53.4 Å². The quantitative estimate of drug-likeness (QED) is 0.663. The van der Waals surface area contributed by atoms with E-state index in [1.807, 2.05) is 54.8 Å². The molecule has 0 saturated heterocycles. The summed E-state index contributed by atoms with van der Waals surface area (Å²) >= 11 is 1.56. The fourth-order valence-electron chi connectivity index (χ4n) is 3.36. The Balaban J connectivity index is 1.56. The van der Waals surface area contributed by atoms with Crippen molar-refractivity contribution in [1.82, 2.24) is 4.98 Å². The Bertz CT molecular complexity index is 1170. The number of anilines is 2. The molecule has 29 heavy (non-hydrogen) atoms. The lowest BCUT2D eigenvalue weighted by Gasteiger charge is -2.16. The minimum atomic E-state index is -3.24. The summed E-state index contributed by atoms with van der Waals surface area (Å²) < 4.78 is 25.3. The Labute approximate surface area is 174 Å². The number of rotatable bonds is 5. The first-order chi connectivity index (χ1) is 13.8. The smallest absolute Gasteiger partial charge is 0.232 e. The van der Waals surface area contributed by atoms with Gasteiger partial charge in [0.25, 0.3) is 0 Å². The lowest BCUT2D eigenvalue weighted by Crippen LogP contribution is -2.27. The maximum absolute atomic E-state index is 11.9. The van der Waals surface area contributed by atoms with Gasteiger partial charge in [-0.25, -0.2) is 13.4 Å². The van der Waals surface area contributed by atoms with Gasteiger partial charge in [-0.2, -0.15) is 0 Å². The Morgan fingerprint density at radius 3 is 2.59 bits per heavy atom. The molecule has 2 aromatic carbocycles. The number of aromatic nitrogens is 1. The maximum Gasteiger partial charge on any atom is 0.232 e. The lowest BCUT2D eigenvalue weighted by atomic mass is 10.1. The predicted molar refractivity (Wildman–Crippen MR) is 118 cm³/mol. The summed E-state index contributed by atoms with van der Waals surface area (Å²) in [5, 5.41) is 5.74. The van der Waals surface area contributed by atoms with E-state index in [1.54, 1.807) is 11.3 Å². The second-order valence-corrected chi connectivity index (χ2v) is 9.71. The summed E-state index contributed by atoms with van der Waals surface area (Å²) in [7, 11) is -3.24. The van der Waals surface area contributed by atoms with Crippen molar-refractivity contribution < 1.29 is 13.2 Å². The van der Waals surface area contributed by atoms with Gasteiger partial charge in [-0.05, 0) is 48.4 Å². The number of carbonyl (C=O) groups excluding carboxylic acids is 1. The van der Waals surface area contributed by atoms with Crippen molar-refractivity contribution in [3.63, 3.8) is 0 Å². The molecule has 0 aliphatic carbocycles. The molecule has 8 heteroatoms. The van der Waals surface area contributed by atoms with Gasteiger partial charge in [-0.1, -0.05) is 13.0 Å². The molecule has 0 fully saturated rings. The first-order valence-corrected chi connectivity index (χ1v) is 12.0. The zero-order chi connectivity index (χ0) is 20.6. The van der Waals surface area contributed by atoms with Crippen LogP contribution in [0, 0.1) is 0 Å². The number of amides is 1. The first kappa shape index (κ1) is 19.6. The zero-order valence-electron chi connectivity index (χ0n) is 16.2. The number of hydrogen-bond donors (Lipinski definition) is 1. The number of sulfonamides is 1. The molecule has 0 unspecified atom stereocenters. The summed E-state index contributed by atoms with van der Waals surface area (Å²) in [6.07, 6.45) is 2.39. The number of thiazole rings is 1. The highest BCUT2D eigenvalue weighted by Crippen LogP contribution is 2.35. The van der Waals surface area contributed by atoms with Crippen LogP contribution in [0.4, 0.5) is 11.4 Å². The Hall–Kier alpha value is -2.71. The molecule has 2 heterocycles. The summed E-state index contributed by atoms with van der Waals surface area (Å²) in [6, 6.07) is 13.5. The Morgan fingerprint density at radius 1 is 1.17 bits per heavy atom. The molecule has 0 radical (unpaired) electrons. The summed E-state index contributed by atoms with van der Waals surface area (Å²) in [5.41, 5.74) is 5.39. The van der Waals surface area contributed by atoms with E-state index < -0.39 is 10.0 Å². The monoisotopic (exact) mass is 427 g/mol. The largest absolute Gasteiger partial charge is 0.326 e. The number of hydrogen-bond acceptors (Lipinski definition) is 5. The minimum absolute atomic E-state index is 0.0136. The number of nitrogens with one attached hydrogen (secondary N) is 1. The third-order valence-corrected chi connectivity index (χ3v) is 6.94. The first-order valence-electron chi connectivity index (χ1n) is 9.32. The molecule has 0 bridgehead atoms. The van der Waals surface area contributed by atoms with Crippen LogP contribution >= 0.6 is 11.3 Å². The molecule has 6 nitrogen and oxygen atoms in total. The normalized spacial score (nSPS) is 13.4. The van der Waals surface area contributed by atoms with E-state index in [9.17, 15) is 13.2 Å². The van der Waals surface area contributed by atoms with E-state index in [4.69, 9.17) is 4.98 Å². The number of benzene rings is 2. The van der Waals surface area contributed by atoms with E-state index >= 15 is 0 Å². The van der Waals surface area contributed by atoms with Gasteiger partial charge in [0, 0.05) is 35.2 Å². The van der Waals surface area contributed by atoms with Crippen LogP contribution in [-0.4, -0.2) is 32.1 Å². The van der Waals surface area contributed by atoms with E-state index in [0.29, 0.717) is 19.4 Å². The van der Waals surface area contributed by atoms with Crippen LogP contribution in [0.25, 0.3) is 21.8 Å². The van der Waals surface area contributed by atoms with Gasteiger partial charge in [0.05, 0.1) is 17.6 Å². The van der Waals surface area contributed by atoms with Crippen LogP contribution in [0.15, 0.2) is 47.8 Å². The molecule has 0 atom stereocenters. The van der Waals surface area contributed by atoms with Crippen molar-refractivity contribution in [3.8, 4) is 21.8 Å². The van der Waals surface area contributed by atoms with Gasteiger partial charge in [0.15, 0.2) is 0 Å². The van der Waals surface area contributed by atoms with E-state index in [1.165, 1.54) is 10.6 Å². The van der Waals surface area contributed by atoms with E-state index in [2.05, 4.69) is 5.32 Å². The molecule has 4 rings (SSSR count). The van der Waals surface area contributed by atoms with Crippen LogP contribution in [0.5, 0.6) is 0 Å². The van der Waals surface area contributed by atoms with Gasteiger partial charge in [0.1, 0.15) is 5.01 Å². The number of carbonyl (C=O) groups is 1. The van der Waals surface area contributed by atoms with Gasteiger partial charge < -0.3 is 5.32 Å². The molecule has 3 aromatic rings. The Morgan fingerprint density at radius 2 is 1.90 bits per heavy atom. The highest BCUT2D eigenvalue weighted by atomic mass is 32.2. The third kappa shape index (κ3) is 4.04. The average molecular weight is 428 g/mol. The van der Waals surface area contributed by atoms with E-state index in [-0.39, 0.29) is 5.91 Å². The highest BCUT2D eigenvalue weighted by Gasteiger charge is 2.26. The fraction of sp³-hybridized carbons (Fsp3) is 0.238. The molecule has 1 aliphatic heterocycles. The van der Waals surface area contributed by atoms with Gasteiger partial charge >= 0.3 is 0 Å². The molecule has 1 aromatic heterocycles. The number of fused-ring (bicyclic) bond motifs is 1. The van der Waals surface area contributed by atoms with Crippen molar-refractivity contribution in [2.45, 2.75) is 19.8 Å². The molecule has 1 amide bonds. The van der Waals surface area contributed by atoms with Crippen LogP contribution in [-0.2, 0) is 21.2 Å².